The normalized spacial score (nSPS) is 30.7. The number of hydrogen-bond acceptors (Lipinski definition) is 7. The van der Waals surface area contributed by atoms with E-state index in [2.05, 4.69) is 9.88 Å². The minimum absolute atomic E-state index is 0. The summed E-state index contributed by atoms with van der Waals surface area (Å²) in [6, 6.07) is 0.349. The van der Waals surface area contributed by atoms with Crippen molar-refractivity contribution in [1.29, 1.82) is 0 Å². The molecule has 1 saturated heterocycles. The van der Waals surface area contributed by atoms with Crippen LogP contribution in [-0.2, 0) is 17.7 Å². The summed E-state index contributed by atoms with van der Waals surface area (Å²) >= 11 is 1.53. The van der Waals surface area contributed by atoms with E-state index in [1.165, 1.54) is 16.2 Å². The van der Waals surface area contributed by atoms with Crippen molar-refractivity contribution in [2.75, 3.05) is 19.8 Å². The SMILES string of the molecule is Cl.NC1CCCC1(N)C(=O)c1nc2c(s1)CN(C1CCOCC1)CC2. The van der Waals surface area contributed by atoms with Crippen LogP contribution in [0.5, 0.6) is 0 Å². The van der Waals surface area contributed by atoms with Gasteiger partial charge in [-0.2, -0.15) is 0 Å². The Bertz CT molecular complexity index is 634. The third-order valence-electron chi connectivity index (χ3n) is 5.85. The minimum atomic E-state index is -0.916. The van der Waals surface area contributed by atoms with Crippen molar-refractivity contribution in [3.63, 3.8) is 0 Å². The highest BCUT2D eigenvalue weighted by Crippen LogP contribution is 2.34. The first-order valence-corrected chi connectivity index (χ1v) is 9.79. The fraction of sp³-hybridized carbons (Fsp3) is 0.765. The van der Waals surface area contributed by atoms with E-state index in [1.54, 1.807) is 0 Å². The van der Waals surface area contributed by atoms with Crippen molar-refractivity contribution in [2.45, 2.75) is 62.7 Å². The van der Waals surface area contributed by atoms with Gasteiger partial charge in [0.15, 0.2) is 5.01 Å². The van der Waals surface area contributed by atoms with Crippen LogP contribution in [0.2, 0.25) is 0 Å². The number of hydrogen-bond donors (Lipinski definition) is 2. The van der Waals surface area contributed by atoms with Gasteiger partial charge < -0.3 is 16.2 Å². The number of aromatic nitrogens is 1. The van der Waals surface area contributed by atoms with E-state index in [9.17, 15) is 4.79 Å². The first-order chi connectivity index (χ1) is 11.6. The van der Waals surface area contributed by atoms with E-state index in [0.29, 0.717) is 17.5 Å². The number of ether oxygens (including phenoxy) is 1. The molecular formula is C17H27ClN4O2S. The fourth-order valence-electron chi connectivity index (χ4n) is 4.21. The van der Waals surface area contributed by atoms with Gasteiger partial charge in [0.25, 0.3) is 0 Å². The van der Waals surface area contributed by atoms with Crippen LogP contribution in [0.4, 0.5) is 0 Å². The quantitative estimate of drug-likeness (QED) is 0.764. The Morgan fingerprint density at radius 1 is 1.32 bits per heavy atom. The Hall–Kier alpha value is -0.570. The molecule has 6 nitrogen and oxygen atoms in total. The predicted octanol–water partition coefficient (Wildman–Crippen LogP) is 1.49. The molecule has 1 aliphatic carbocycles. The van der Waals surface area contributed by atoms with Crippen molar-refractivity contribution < 1.29 is 9.53 Å². The number of halogens is 1. The number of carbonyl (C=O) groups excluding carboxylic acids is 1. The van der Waals surface area contributed by atoms with E-state index in [4.69, 9.17) is 16.2 Å². The second-order valence-electron chi connectivity index (χ2n) is 7.32. The monoisotopic (exact) mass is 386 g/mol. The first-order valence-electron chi connectivity index (χ1n) is 8.97. The molecular weight excluding hydrogens is 360 g/mol. The van der Waals surface area contributed by atoms with Crippen molar-refractivity contribution in [3.05, 3.63) is 15.6 Å². The molecule has 4 N–H and O–H groups in total. The van der Waals surface area contributed by atoms with Gasteiger partial charge in [0.05, 0.1) is 11.2 Å². The largest absolute Gasteiger partial charge is 0.381 e. The number of nitrogens with two attached hydrogens (primary N) is 2. The number of fused-ring (bicyclic) bond motifs is 1. The van der Waals surface area contributed by atoms with E-state index in [0.717, 1.165) is 64.1 Å². The maximum absolute atomic E-state index is 12.9. The number of Topliss-reactive ketones (excluding diaryl/α,β-unsaturated/α-hetero) is 1. The van der Waals surface area contributed by atoms with Crippen LogP contribution in [0.1, 0.15) is 52.5 Å². The second-order valence-corrected chi connectivity index (χ2v) is 8.40. The maximum Gasteiger partial charge on any atom is 0.212 e. The molecule has 0 amide bonds. The molecule has 0 bridgehead atoms. The Balaban J connectivity index is 0.00000182. The number of carbonyl (C=O) groups is 1. The molecule has 8 heteroatoms. The highest BCUT2D eigenvalue weighted by Gasteiger charge is 2.45. The molecule has 3 aliphatic rings. The first kappa shape index (κ1) is 19.2. The molecule has 0 radical (unpaired) electrons. The predicted molar refractivity (Wildman–Crippen MR) is 100 cm³/mol. The zero-order valence-electron chi connectivity index (χ0n) is 14.4. The third-order valence-corrected chi connectivity index (χ3v) is 6.93. The summed E-state index contributed by atoms with van der Waals surface area (Å²) in [4.78, 5) is 21.3. The summed E-state index contributed by atoms with van der Waals surface area (Å²) in [7, 11) is 0. The summed E-state index contributed by atoms with van der Waals surface area (Å²) in [5.41, 5.74) is 12.6. The molecule has 4 rings (SSSR count). The van der Waals surface area contributed by atoms with Gasteiger partial charge in [0, 0.05) is 49.7 Å². The van der Waals surface area contributed by atoms with Crippen molar-refractivity contribution in [2.24, 2.45) is 11.5 Å². The second kappa shape index (κ2) is 7.58. The molecule has 1 saturated carbocycles. The van der Waals surface area contributed by atoms with Gasteiger partial charge in [0.2, 0.25) is 5.78 Å². The van der Waals surface area contributed by atoms with Crippen LogP contribution in [0.25, 0.3) is 0 Å². The van der Waals surface area contributed by atoms with Crippen molar-refractivity contribution in [3.8, 4) is 0 Å². The zero-order chi connectivity index (χ0) is 16.7. The van der Waals surface area contributed by atoms with Crippen LogP contribution in [-0.4, -0.2) is 53.0 Å². The van der Waals surface area contributed by atoms with Crippen molar-refractivity contribution >= 4 is 29.5 Å². The molecule has 140 valence electrons. The standard InChI is InChI=1S/C17H26N4O2S.ClH/c18-14-2-1-6-17(14,19)15(22)16-20-12-3-7-21(10-13(12)24-16)11-4-8-23-9-5-11;/h11,14H,1-10,18-19H2;1H. The molecule has 3 heterocycles. The number of ketones is 1. The summed E-state index contributed by atoms with van der Waals surface area (Å²) in [6.45, 7) is 3.62. The van der Waals surface area contributed by atoms with E-state index in [1.807, 2.05) is 0 Å². The average molecular weight is 387 g/mol. The van der Waals surface area contributed by atoms with Crippen LogP contribution in [0.15, 0.2) is 0 Å². The molecule has 2 aliphatic heterocycles. The smallest absolute Gasteiger partial charge is 0.212 e. The summed E-state index contributed by atoms with van der Waals surface area (Å²) in [5, 5.41) is 0.564. The average Bonchev–Trinajstić information content (AvgIpc) is 3.18. The minimum Gasteiger partial charge on any atom is -0.381 e. The maximum atomic E-state index is 12.9. The zero-order valence-corrected chi connectivity index (χ0v) is 16.0. The fourth-order valence-corrected chi connectivity index (χ4v) is 5.38. The van der Waals surface area contributed by atoms with Crippen LogP contribution in [0, 0.1) is 0 Å². The molecule has 2 unspecified atom stereocenters. The van der Waals surface area contributed by atoms with Gasteiger partial charge >= 0.3 is 0 Å². The summed E-state index contributed by atoms with van der Waals surface area (Å²) in [6.07, 6.45) is 5.53. The molecule has 1 aromatic heterocycles. The molecule has 25 heavy (non-hydrogen) atoms. The third kappa shape index (κ3) is 3.50. The lowest BCUT2D eigenvalue weighted by atomic mass is 9.90. The topological polar surface area (TPSA) is 94.5 Å². The highest BCUT2D eigenvalue weighted by atomic mass is 35.5. The number of rotatable bonds is 3. The summed E-state index contributed by atoms with van der Waals surface area (Å²) < 4.78 is 5.47. The van der Waals surface area contributed by atoms with E-state index < -0.39 is 5.54 Å². The molecule has 1 aromatic rings. The van der Waals surface area contributed by atoms with Crippen molar-refractivity contribution in [1.82, 2.24) is 9.88 Å². The van der Waals surface area contributed by atoms with Gasteiger partial charge in [0.1, 0.15) is 0 Å². The number of nitrogens with zero attached hydrogens (tertiary/aromatic N) is 2. The Morgan fingerprint density at radius 2 is 2.08 bits per heavy atom. The molecule has 0 spiro atoms. The molecule has 2 atom stereocenters. The number of thiazole rings is 1. The van der Waals surface area contributed by atoms with Gasteiger partial charge in [-0.3, -0.25) is 9.69 Å². The Morgan fingerprint density at radius 3 is 2.76 bits per heavy atom. The Kier molecular flexibility index (Phi) is 5.82. The van der Waals surface area contributed by atoms with E-state index >= 15 is 0 Å². The van der Waals surface area contributed by atoms with Gasteiger partial charge in [-0.15, -0.1) is 23.7 Å². The van der Waals surface area contributed by atoms with Gasteiger partial charge in [-0.25, -0.2) is 4.98 Å². The van der Waals surface area contributed by atoms with Crippen LogP contribution < -0.4 is 11.5 Å². The summed E-state index contributed by atoms with van der Waals surface area (Å²) in [5.74, 6) is -0.0514. The molecule has 2 fully saturated rings. The molecule has 0 aromatic carbocycles. The van der Waals surface area contributed by atoms with Gasteiger partial charge in [-0.05, 0) is 32.1 Å². The van der Waals surface area contributed by atoms with Crippen LogP contribution >= 0.6 is 23.7 Å². The van der Waals surface area contributed by atoms with E-state index in [-0.39, 0.29) is 24.2 Å². The lowest BCUT2D eigenvalue weighted by Gasteiger charge is -2.36. The Labute approximate surface area is 158 Å². The lowest BCUT2D eigenvalue weighted by Crippen LogP contribution is -2.57. The van der Waals surface area contributed by atoms with Gasteiger partial charge in [-0.1, -0.05) is 0 Å². The lowest BCUT2D eigenvalue weighted by molar-refractivity contribution is 0.0293. The van der Waals surface area contributed by atoms with Crippen LogP contribution in [0.3, 0.4) is 0 Å². The highest BCUT2D eigenvalue weighted by molar-refractivity contribution is 7.13.